The number of aryl methyl sites for hydroxylation is 1. The molecule has 4 nitrogen and oxygen atoms in total. The maximum atomic E-state index is 5.44. The topological polar surface area (TPSA) is 38.5 Å². The number of hydrogen-bond acceptors (Lipinski definition) is 4. The summed E-state index contributed by atoms with van der Waals surface area (Å²) >= 11 is 0. The number of nitrogens with zero attached hydrogens (tertiary/aromatic N) is 2. The van der Waals surface area contributed by atoms with Gasteiger partial charge in [-0.25, -0.2) is 0 Å². The van der Waals surface area contributed by atoms with E-state index < -0.39 is 0 Å². The summed E-state index contributed by atoms with van der Waals surface area (Å²) in [7, 11) is 1.69. The van der Waals surface area contributed by atoms with Crippen LogP contribution in [0.3, 0.4) is 0 Å². The van der Waals surface area contributed by atoms with Gasteiger partial charge in [-0.15, -0.1) is 0 Å². The molecule has 0 bridgehead atoms. The number of likely N-dealkylation sites (tertiary alicyclic amines) is 1. The minimum absolute atomic E-state index is 0.360. The second-order valence-electron chi connectivity index (χ2n) is 5.35. The van der Waals surface area contributed by atoms with Gasteiger partial charge in [0.1, 0.15) is 5.75 Å². The van der Waals surface area contributed by atoms with Crippen LogP contribution >= 0.6 is 0 Å². The SMILES string of the molecule is COc1ccc(CN2CCC[C@@H]2c2cc(C)no2)cc1. The predicted molar refractivity (Wildman–Crippen MR) is 76.6 cm³/mol. The second-order valence-corrected chi connectivity index (χ2v) is 5.35. The van der Waals surface area contributed by atoms with Crippen LogP contribution in [0.5, 0.6) is 5.75 Å². The van der Waals surface area contributed by atoms with Crippen LogP contribution in [0.4, 0.5) is 0 Å². The van der Waals surface area contributed by atoms with Crippen LogP contribution in [0.15, 0.2) is 34.9 Å². The zero-order chi connectivity index (χ0) is 13.9. The van der Waals surface area contributed by atoms with Crippen LogP contribution in [0, 0.1) is 6.92 Å². The lowest BCUT2D eigenvalue weighted by Crippen LogP contribution is -2.22. The number of aromatic nitrogens is 1. The van der Waals surface area contributed by atoms with E-state index in [2.05, 4.69) is 28.3 Å². The van der Waals surface area contributed by atoms with Crippen LogP contribution in [-0.2, 0) is 6.54 Å². The summed E-state index contributed by atoms with van der Waals surface area (Å²) in [5, 5.41) is 4.01. The summed E-state index contributed by atoms with van der Waals surface area (Å²) in [5.74, 6) is 1.89. The molecule has 0 amide bonds. The Bertz CT molecular complexity index is 562. The van der Waals surface area contributed by atoms with Crippen LogP contribution in [0.25, 0.3) is 0 Å². The van der Waals surface area contributed by atoms with E-state index in [1.54, 1.807) is 7.11 Å². The summed E-state index contributed by atoms with van der Waals surface area (Å²) in [6.07, 6.45) is 2.35. The van der Waals surface area contributed by atoms with Crippen molar-refractivity contribution in [2.45, 2.75) is 32.4 Å². The monoisotopic (exact) mass is 272 g/mol. The average molecular weight is 272 g/mol. The maximum absolute atomic E-state index is 5.44. The van der Waals surface area contributed by atoms with Crippen molar-refractivity contribution in [1.82, 2.24) is 10.1 Å². The molecule has 0 spiro atoms. The number of methoxy groups -OCH3 is 1. The molecule has 106 valence electrons. The molecule has 1 aromatic heterocycles. The smallest absolute Gasteiger partial charge is 0.154 e. The molecule has 1 saturated heterocycles. The van der Waals surface area contributed by atoms with Crippen LogP contribution in [0.1, 0.15) is 35.9 Å². The summed E-state index contributed by atoms with van der Waals surface area (Å²) < 4.78 is 10.6. The van der Waals surface area contributed by atoms with Gasteiger partial charge in [0, 0.05) is 12.6 Å². The van der Waals surface area contributed by atoms with Crippen molar-refractivity contribution in [3.05, 3.63) is 47.3 Å². The lowest BCUT2D eigenvalue weighted by Gasteiger charge is -2.22. The Hall–Kier alpha value is -1.81. The van der Waals surface area contributed by atoms with Gasteiger partial charge in [-0.2, -0.15) is 0 Å². The third-order valence-corrected chi connectivity index (χ3v) is 3.88. The van der Waals surface area contributed by atoms with E-state index in [-0.39, 0.29) is 0 Å². The summed E-state index contributed by atoms with van der Waals surface area (Å²) in [4.78, 5) is 2.46. The molecule has 0 saturated carbocycles. The van der Waals surface area contributed by atoms with E-state index in [0.717, 1.165) is 36.7 Å². The van der Waals surface area contributed by atoms with Crippen molar-refractivity contribution < 1.29 is 9.26 Å². The van der Waals surface area contributed by atoms with Gasteiger partial charge in [0.05, 0.1) is 18.8 Å². The molecule has 2 heterocycles. The van der Waals surface area contributed by atoms with E-state index in [9.17, 15) is 0 Å². The summed E-state index contributed by atoms with van der Waals surface area (Å²) in [6.45, 7) is 4.01. The van der Waals surface area contributed by atoms with Crippen LogP contribution in [-0.4, -0.2) is 23.7 Å². The summed E-state index contributed by atoms with van der Waals surface area (Å²) in [5.41, 5.74) is 2.25. The van der Waals surface area contributed by atoms with E-state index in [4.69, 9.17) is 9.26 Å². The van der Waals surface area contributed by atoms with Gasteiger partial charge >= 0.3 is 0 Å². The molecular weight excluding hydrogens is 252 g/mol. The third-order valence-electron chi connectivity index (χ3n) is 3.88. The number of benzene rings is 1. The molecule has 1 aliphatic rings. The fourth-order valence-corrected chi connectivity index (χ4v) is 2.84. The molecule has 0 radical (unpaired) electrons. The Morgan fingerprint density at radius 1 is 1.35 bits per heavy atom. The molecule has 3 rings (SSSR count). The highest BCUT2D eigenvalue weighted by atomic mass is 16.5. The largest absolute Gasteiger partial charge is 0.497 e. The van der Waals surface area contributed by atoms with E-state index in [1.165, 1.54) is 12.0 Å². The van der Waals surface area contributed by atoms with Crippen molar-refractivity contribution in [2.75, 3.05) is 13.7 Å². The number of ether oxygens (including phenoxy) is 1. The highest BCUT2D eigenvalue weighted by molar-refractivity contribution is 5.27. The van der Waals surface area contributed by atoms with Gasteiger partial charge in [-0.05, 0) is 44.0 Å². The van der Waals surface area contributed by atoms with Crippen molar-refractivity contribution >= 4 is 0 Å². The minimum atomic E-state index is 0.360. The first-order valence-corrected chi connectivity index (χ1v) is 7.06. The molecule has 0 aliphatic carbocycles. The van der Waals surface area contributed by atoms with E-state index >= 15 is 0 Å². The number of hydrogen-bond donors (Lipinski definition) is 0. The second kappa shape index (κ2) is 5.67. The Labute approximate surface area is 119 Å². The van der Waals surface area contributed by atoms with E-state index in [1.807, 2.05) is 19.1 Å². The molecule has 1 atom stereocenters. The molecule has 0 N–H and O–H groups in total. The normalized spacial score (nSPS) is 19.4. The van der Waals surface area contributed by atoms with Gasteiger partial charge in [-0.1, -0.05) is 17.3 Å². The van der Waals surface area contributed by atoms with Crippen LogP contribution in [0.2, 0.25) is 0 Å². The Morgan fingerprint density at radius 2 is 2.15 bits per heavy atom. The van der Waals surface area contributed by atoms with Crippen molar-refractivity contribution in [3.63, 3.8) is 0 Å². The predicted octanol–water partition coefficient (Wildman–Crippen LogP) is 3.33. The molecular formula is C16H20N2O2. The van der Waals surface area contributed by atoms with Crippen molar-refractivity contribution in [2.24, 2.45) is 0 Å². The molecule has 20 heavy (non-hydrogen) atoms. The molecule has 1 aliphatic heterocycles. The van der Waals surface area contributed by atoms with Gasteiger partial charge in [-0.3, -0.25) is 4.90 Å². The first-order valence-electron chi connectivity index (χ1n) is 7.06. The Kier molecular flexibility index (Phi) is 3.74. The highest BCUT2D eigenvalue weighted by Gasteiger charge is 2.28. The first kappa shape index (κ1) is 13.2. The van der Waals surface area contributed by atoms with Gasteiger partial charge < -0.3 is 9.26 Å². The average Bonchev–Trinajstić information content (AvgIpc) is 3.08. The quantitative estimate of drug-likeness (QED) is 0.855. The third kappa shape index (κ3) is 2.70. The fraction of sp³-hybridized carbons (Fsp3) is 0.438. The number of rotatable bonds is 4. The highest BCUT2D eigenvalue weighted by Crippen LogP contribution is 2.33. The molecule has 0 unspecified atom stereocenters. The molecule has 2 aromatic rings. The molecule has 4 heteroatoms. The lowest BCUT2D eigenvalue weighted by atomic mass is 10.1. The van der Waals surface area contributed by atoms with E-state index in [0.29, 0.717) is 6.04 Å². The zero-order valence-electron chi connectivity index (χ0n) is 12.0. The first-order chi connectivity index (χ1) is 9.76. The molecule has 1 fully saturated rings. The van der Waals surface area contributed by atoms with Gasteiger partial charge in [0.25, 0.3) is 0 Å². The zero-order valence-corrected chi connectivity index (χ0v) is 12.0. The van der Waals surface area contributed by atoms with Crippen molar-refractivity contribution in [3.8, 4) is 5.75 Å². The van der Waals surface area contributed by atoms with Crippen LogP contribution < -0.4 is 4.74 Å². The standard InChI is InChI=1S/C16H20N2O2/c1-12-10-16(20-17-12)15-4-3-9-18(15)11-13-5-7-14(19-2)8-6-13/h5-8,10,15H,3-4,9,11H2,1-2H3/t15-/m1/s1. The lowest BCUT2D eigenvalue weighted by molar-refractivity contribution is 0.206. The van der Waals surface area contributed by atoms with Gasteiger partial charge in [0.2, 0.25) is 0 Å². The van der Waals surface area contributed by atoms with Crippen molar-refractivity contribution in [1.29, 1.82) is 0 Å². The summed E-state index contributed by atoms with van der Waals surface area (Å²) in [6, 6.07) is 10.7. The Balaban J connectivity index is 1.72. The maximum Gasteiger partial charge on any atom is 0.154 e. The minimum Gasteiger partial charge on any atom is -0.497 e. The fourth-order valence-electron chi connectivity index (χ4n) is 2.84. The Morgan fingerprint density at radius 3 is 2.80 bits per heavy atom. The molecule has 1 aromatic carbocycles. The van der Waals surface area contributed by atoms with Gasteiger partial charge in [0.15, 0.2) is 5.76 Å².